The molecule has 0 aliphatic rings. The molecule has 57 heavy (non-hydrogen) atoms. The quantitative estimate of drug-likeness (QED) is 0.0753. The second-order valence-corrected chi connectivity index (χ2v) is 14.6. The van der Waals surface area contributed by atoms with E-state index in [1.165, 1.54) is 98.8 Å². The second kappa shape index (κ2) is 18.2. The van der Waals surface area contributed by atoms with Crippen LogP contribution in [0.5, 0.6) is 11.5 Å². The van der Waals surface area contributed by atoms with Gasteiger partial charge in [0, 0.05) is 47.4 Å². The van der Waals surface area contributed by atoms with E-state index in [2.05, 4.69) is 36.4 Å². The van der Waals surface area contributed by atoms with Crippen LogP contribution < -0.4 is 75.1 Å². The molecule has 0 fully saturated rings. The number of amides is 2. The third kappa shape index (κ3) is 10.8. The van der Waals surface area contributed by atoms with E-state index in [0.29, 0.717) is 22.7 Å². The monoisotopic (exact) mass is 827 g/mol. The zero-order valence-electron chi connectivity index (χ0n) is 30.5. The number of nitrogens with zero attached hydrogens (tertiary/aromatic N) is 4. The maximum Gasteiger partial charge on any atom is 1.00 e. The van der Waals surface area contributed by atoms with E-state index < -0.39 is 52.9 Å². The van der Waals surface area contributed by atoms with Crippen molar-refractivity contribution in [1.82, 2.24) is 0 Å². The number of hydrogen-bond donors (Lipinski definition) is 5. The van der Waals surface area contributed by atoms with Crippen molar-refractivity contribution in [2.24, 2.45) is 20.5 Å². The molecule has 0 bridgehead atoms. The van der Waals surface area contributed by atoms with Crippen LogP contribution in [0.1, 0.15) is 13.8 Å². The van der Waals surface area contributed by atoms with Gasteiger partial charge in [0.25, 0.3) is 0 Å². The zero-order chi connectivity index (χ0) is 39.7. The van der Waals surface area contributed by atoms with Gasteiger partial charge in [0.15, 0.2) is 11.5 Å². The molecule has 2 amide bonds. The number of phenolic OH excluding ortho intramolecular Hbond substituents is 2. The number of benzene rings is 6. The Balaban J connectivity index is 0.00000360. The molecule has 0 spiro atoms. The average Bonchev–Trinajstić information content (AvgIpc) is 3.10. The van der Waals surface area contributed by atoms with E-state index in [0.717, 1.165) is 12.1 Å². The first-order valence-electron chi connectivity index (χ1n) is 15.8. The molecule has 0 heterocycles. The molecule has 0 saturated carbocycles. The van der Waals surface area contributed by atoms with Crippen LogP contribution in [-0.4, -0.2) is 48.0 Å². The molecule has 6 aromatic rings. The SMILES string of the molecule is CC(=O)Nc1ccc(N=Nc2c(S(=O)(=O)[O-])cc3cc(Nc4ccc5c(O)c(N=Nc6ccc(NC(C)=O)cc6)c(S(=O)(=O)[O-])cc5c4)ccc3c2O)cc1.[Na+].[Na+]. The van der Waals surface area contributed by atoms with Gasteiger partial charge in [0.1, 0.15) is 31.6 Å². The van der Waals surface area contributed by atoms with Crippen LogP contribution in [0.3, 0.4) is 0 Å². The topological polar surface area (TPSA) is 275 Å². The smallest absolute Gasteiger partial charge is 0.744 e. The van der Waals surface area contributed by atoms with Crippen molar-refractivity contribution in [1.29, 1.82) is 0 Å². The largest absolute Gasteiger partial charge is 1.00 e. The van der Waals surface area contributed by atoms with Crippen molar-refractivity contribution in [3.05, 3.63) is 97.1 Å². The van der Waals surface area contributed by atoms with Gasteiger partial charge in [-0.05, 0) is 108 Å². The molecular weight excluding hydrogens is 801 g/mol. The number of carbonyl (C=O) groups excluding carboxylic acids is 2. The Kier molecular flexibility index (Phi) is 14.3. The van der Waals surface area contributed by atoms with Crippen LogP contribution in [0.4, 0.5) is 45.5 Å². The van der Waals surface area contributed by atoms with E-state index >= 15 is 0 Å². The van der Waals surface area contributed by atoms with E-state index in [-0.39, 0.29) is 104 Å². The predicted octanol–water partition coefficient (Wildman–Crippen LogP) is 1.71. The van der Waals surface area contributed by atoms with Gasteiger partial charge in [-0.2, -0.15) is 10.2 Å². The van der Waals surface area contributed by atoms with Crippen molar-refractivity contribution >= 4 is 99.1 Å². The number of hydrogen-bond acceptors (Lipinski definition) is 15. The fraction of sp³-hybridized carbons (Fsp3) is 0.0556. The van der Waals surface area contributed by atoms with Crippen LogP contribution in [0.2, 0.25) is 0 Å². The first-order chi connectivity index (χ1) is 26.0. The summed E-state index contributed by atoms with van der Waals surface area (Å²) in [6.45, 7) is 2.68. The molecule has 6 rings (SSSR count). The van der Waals surface area contributed by atoms with Crippen LogP contribution in [0, 0.1) is 0 Å². The summed E-state index contributed by atoms with van der Waals surface area (Å²) >= 11 is 0. The van der Waals surface area contributed by atoms with E-state index in [9.17, 15) is 45.7 Å². The minimum atomic E-state index is -5.18. The molecule has 6 aromatic carbocycles. The maximum absolute atomic E-state index is 12.3. The van der Waals surface area contributed by atoms with Crippen LogP contribution >= 0.6 is 0 Å². The van der Waals surface area contributed by atoms with Gasteiger partial charge in [-0.15, -0.1) is 10.2 Å². The third-order valence-electron chi connectivity index (χ3n) is 7.84. The van der Waals surface area contributed by atoms with Gasteiger partial charge < -0.3 is 35.3 Å². The van der Waals surface area contributed by atoms with E-state index in [4.69, 9.17) is 0 Å². The summed E-state index contributed by atoms with van der Waals surface area (Å²) in [6.07, 6.45) is 0. The molecule has 0 aliphatic heterocycles. The Morgan fingerprint density at radius 2 is 0.860 bits per heavy atom. The van der Waals surface area contributed by atoms with Gasteiger partial charge >= 0.3 is 59.1 Å². The Bertz CT molecular complexity index is 2630. The predicted molar refractivity (Wildman–Crippen MR) is 200 cm³/mol. The Morgan fingerprint density at radius 1 is 0.526 bits per heavy atom. The van der Waals surface area contributed by atoms with Crippen molar-refractivity contribution in [3.8, 4) is 11.5 Å². The molecule has 0 aliphatic carbocycles. The summed E-state index contributed by atoms with van der Waals surface area (Å²) in [5.74, 6) is -1.83. The Morgan fingerprint density at radius 3 is 1.18 bits per heavy atom. The molecule has 0 atom stereocenters. The molecule has 0 aromatic heterocycles. The van der Waals surface area contributed by atoms with Crippen molar-refractivity contribution in [3.63, 3.8) is 0 Å². The normalized spacial score (nSPS) is 11.6. The summed E-state index contributed by atoms with van der Waals surface area (Å²) in [4.78, 5) is 20.9. The molecule has 21 heteroatoms. The Hall–Kier alpha value is -4.80. The standard InChI is InChI=1S/C36H29N7O10S2.2Na/c1-19(44)37-23-3-7-25(8-4-23)40-42-33-31(54(48,49)50)17-21-15-27(11-13-29(21)35(33)46)39-28-12-14-30-22(16-28)18-32(55(51,52)53)34(36(30)47)43-41-26-9-5-24(6-10-26)38-20(2)45;;/h3-18,39,46-47H,1-2H3,(H,37,44)(H,38,45)(H,48,49,50)(H,51,52,53);;/q;2*+1/p-2. The molecule has 0 saturated heterocycles. The van der Waals surface area contributed by atoms with Crippen molar-refractivity contribution < 1.29 is 105 Å². The van der Waals surface area contributed by atoms with Gasteiger partial charge in [0.05, 0.1) is 21.2 Å². The number of anilines is 4. The number of fused-ring (bicyclic) bond motifs is 2. The van der Waals surface area contributed by atoms with Crippen LogP contribution in [-0.2, 0) is 29.8 Å². The van der Waals surface area contributed by atoms with E-state index in [1.807, 2.05) is 0 Å². The van der Waals surface area contributed by atoms with Crippen LogP contribution in [0.15, 0.2) is 127 Å². The van der Waals surface area contributed by atoms with Gasteiger partial charge in [-0.1, -0.05) is 0 Å². The fourth-order valence-electron chi connectivity index (χ4n) is 5.44. The summed E-state index contributed by atoms with van der Waals surface area (Å²) in [5, 5.41) is 46.4. The molecule has 5 N–H and O–H groups in total. The minimum Gasteiger partial charge on any atom is -0.744 e. The zero-order valence-corrected chi connectivity index (χ0v) is 36.1. The molecule has 17 nitrogen and oxygen atoms in total. The number of aromatic hydroxyl groups is 2. The number of phenols is 2. The van der Waals surface area contributed by atoms with Crippen molar-refractivity contribution in [2.75, 3.05) is 16.0 Å². The number of nitrogens with one attached hydrogen (secondary N) is 3. The van der Waals surface area contributed by atoms with Crippen molar-refractivity contribution in [2.45, 2.75) is 23.6 Å². The second-order valence-electron chi connectivity index (χ2n) is 11.9. The van der Waals surface area contributed by atoms with Gasteiger partial charge in [-0.3, -0.25) is 9.59 Å². The molecular formula is C36H27N7Na2O10S2. The maximum atomic E-state index is 12.3. The molecule has 0 radical (unpaired) electrons. The first-order valence-corrected chi connectivity index (χ1v) is 18.6. The average molecular weight is 828 g/mol. The number of azo groups is 2. The number of carbonyl (C=O) groups is 2. The molecule has 0 unspecified atom stereocenters. The summed E-state index contributed by atoms with van der Waals surface area (Å²) < 4.78 is 73.7. The summed E-state index contributed by atoms with van der Waals surface area (Å²) in [5.41, 5.74) is 0.946. The van der Waals surface area contributed by atoms with Gasteiger partial charge in [0.2, 0.25) is 11.8 Å². The molecule has 280 valence electrons. The third-order valence-corrected chi connectivity index (χ3v) is 9.54. The summed E-state index contributed by atoms with van der Waals surface area (Å²) in [7, 11) is -10.4. The van der Waals surface area contributed by atoms with Crippen LogP contribution in [0.25, 0.3) is 21.5 Å². The first kappa shape index (κ1) is 44.9. The van der Waals surface area contributed by atoms with Gasteiger partial charge in [-0.25, -0.2) is 16.8 Å². The summed E-state index contributed by atoms with van der Waals surface area (Å²) in [6, 6.07) is 22.9. The fourth-order valence-corrected chi connectivity index (χ4v) is 6.74. The number of rotatable bonds is 10. The minimum absolute atomic E-state index is 0. The Labute approximate surface area is 369 Å². The van der Waals surface area contributed by atoms with E-state index in [1.54, 1.807) is 0 Å².